The number of alkyl halides is 3. The van der Waals surface area contributed by atoms with Crippen molar-refractivity contribution >= 4 is 27.3 Å². The Morgan fingerprint density at radius 3 is 2.52 bits per heavy atom. The first-order chi connectivity index (χ1) is 15.5. The molecule has 33 heavy (non-hydrogen) atoms. The van der Waals surface area contributed by atoms with Gasteiger partial charge in [0.25, 0.3) is 0 Å². The summed E-state index contributed by atoms with van der Waals surface area (Å²) < 4.78 is 77.3. The van der Waals surface area contributed by atoms with E-state index in [1.54, 1.807) is 17.0 Å². The highest BCUT2D eigenvalue weighted by atomic mass is 32.2. The highest BCUT2D eigenvalue weighted by molar-refractivity contribution is 7.92. The third-order valence-corrected chi connectivity index (χ3v) is 7.35. The SMILES string of the molecule is C=CS(=O)(=O)N1CC(C(=O)N2CCc3c(cccc3Nc3ccc(C(F)(F)F)cc3F)C2)C1. The van der Waals surface area contributed by atoms with Crippen LogP contribution in [0.15, 0.2) is 48.4 Å². The fourth-order valence-electron chi connectivity index (χ4n) is 4.02. The lowest BCUT2D eigenvalue weighted by molar-refractivity contribution is -0.140. The van der Waals surface area contributed by atoms with Crippen LogP contribution >= 0.6 is 0 Å². The van der Waals surface area contributed by atoms with Gasteiger partial charge >= 0.3 is 6.18 Å². The maximum atomic E-state index is 14.3. The lowest BCUT2D eigenvalue weighted by Gasteiger charge is -2.40. The summed E-state index contributed by atoms with van der Waals surface area (Å²) in [6.45, 7) is 4.21. The van der Waals surface area contributed by atoms with E-state index in [2.05, 4.69) is 11.9 Å². The number of anilines is 2. The molecular weight excluding hydrogens is 462 g/mol. The average molecular weight is 483 g/mol. The molecule has 2 aromatic rings. The van der Waals surface area contributed by atoms with Gasteiger partial charge in [0, 0.05) is 37.3 Å². The third kappa shape index (κ3) is 4.60. The van der Waals surface area contributed by atoms with Crippen LogP contribution < -0.4 is 5.32 Å². The van der Waals surface area contributed by atoms with Gasteiger partial charge in [-0.05, 0) is 41.8 Å². The largest absolute Gasteiger partial charge is 0.416 e. The molecule has 6 nitrogen and oxygen atoms in total. The van der Waals surface area contributed by atoms with E-state index in [1.165, 1.54) is 4.31 Å². The number of hydrogen-bond acceptors (Lipinski definition) is 4. The Kier molecular flexibility index (Phi) is 5.95. The fraction of sp³-hybridized carbons (Fsp3) is 0.318. The van der Waals surface area contributed by atoms with Gasteiger partial charge in [-0.25, -0.2) is 12.8 Å². The van der Waals surface area contributed by atoms with Gasteiger partial charge in [-0.1, -0.05) is 18.7 Å². The molecule has 1 N–H and O–H groups in total. The molecule has 0 atom stereocenters. The van der Waals surface area contributed by atoms with E-state index in [9.17, 15) is 30.8 Å². The Balaban J connectivity index is 1.46. The van der Waals surface area contributed by atoms with Crippen LogP contribution in [0.2, 0.25) is 0 Å². The first-order valence-corrected chi connectivity index (χ1v) is 11.7. The maximum absolute atomic E-state index is 14.3. The predicted molar refractivity (Wildman–Crippen MR) is 114 cm³/mol. The minimum atomic E-state index is -4.63. The monoisotopic (exact) mass is 483 g/mol. The number of rotatable bonds is 5. The van der Waals surface area contributed by atoms with Gasteiger partial charge in [0.1, 0.15) is 5.82 Å². The number of carbonyl (C=O) groups is 1. The molecule has 1 amide bonds. The lowest BCUT2D eigenvalue weighted by atomic mass is 9.95. The maximum Gasteiger partial charge on any atom is 0.416 e. The summed E-state index contributed by atoms with van der Waals surface area (Å²) in [5.74, 6) is -1.56. The Morgan fingerprint density at radius 1 is 1.15 bits per heavy atom. The summed E-state index contributed by atoms with van der Waals surface area (Å²) in [6, 6.07) is 7.58. The molecule has 0 bridgehead atoms. The van der Waals surface area contributed by atoms with Crippen molar-refractivity contribution in [1.29, 1.82) is 0 Å². The molecule has 0 aromatic heterocycles. The second kappa shape index (κ2) is 8.45. The number of halogens is 4. The van der Waals surface area contributed by atoms with Crippen molar-refractivity contribution in [3.8, 4) is 0 Å². The molecule has 0 unspecified atom stereocenters. The van der Waals surface area contributed by atoms with Crippen LogP contribution in [0.5, 0.6) is 0 Å². The number of hydrogen-bond donors (Lipinski definition) is 1. The highest BCUT2D eigenvalue weighted by Crippen LogP contribution is 2.34. The van der Waals surface area contributed by atoms with Crippen LogP contribution in [-0.2, 0) is 34.0 Å². The van der Waals surface area contributed by atoms with Crippen LogP contribution in [0.4, 0.5) is 28.9 Å². The van der Waals surface area contributed by atoms with E-state index in [0.29, 0.717) is 31.3 Å². The van der Waals surface area contributed by atoms with Crippen molar-refractivity contribution in [3.63, 3.8) is 0 Å². The molecule has 0 saturated carbocycles. The minimum absolute atomic E-state index is 0.0760. The van der Waals surface area contributed by atoms with Gasteiger partial charge < -0.3 is 10.2 Å². The number of nitrogens with one attached hydrogen (secondary N) is 1. The molecule has 4 rings (SSSR count). The second-order valence-electron chi connectivity index (χ2n) is 8.00. The van der Waals surface area contributed by atoms with Gasteiger partial charge in [0.2, 0.25) is 15.9 Å². The van der Waals surface area contributed by atoms with E-state index < -0.39 is 33.5 Å². The van der Waals surface area contributed by atoms with Crippen molar-refractivity contribution in [1.82, 2.24) is 9.21 Å². The van der Waals surface area contributed by atoms with Crippen LogP contribution in [0, 0.1) is 11.7 Å². The minimum Gasteiger partial charge on any atom is -0.353 e. The van der Waals surface area contributed by atoms with E-state index >= 15 is 0 Å². The molecule has 2 aromatic carbocycles. The number of benzene rings is 2. The molecule has 2 aliphatic heterocycles. The van der Waals surface area contributed by atoms with Gasteiger partial charge in [0.05, 0.1) is 17.2 Å². The fourth-order valence-corrected chi connectivity index (χ4v) is 5.00. The van der Waals surface area contributed by atoms with Crippen LogP contribution in [-0.4, -0.2) is 43.2 Å². The summed E-state index contributed by atoms with van der Waals surface area (Å²) in [5, 5.41) is 3.73. The summed E-state index contributed by atoms with van der Waals surface area (Å²) in [5.41, 5.74) is 1.11. The Morgan fingerprint density at radius 2 is 1.88 bits per heavy atom. The highest BCUT2D eigenvalue weighted by Gasteiger charge is 2.41. The van der Waals surface area contributed by atoms with Crippen molar-refractivity contribution < 1.29 is 30.8 Å². The van der Waals surface area contributed by atoms with Crippen molar-refractivity contribution in [2.45, 2.75) is 19.1 Å². The number of nitrogens with zero attached hydrogens (tertiary/aromatic N) is 2. The molecule has 0 radical (unpaired) electrons. The molecule has 2 aliphatic rings. The normalized spacial score (nSPS) is 17.3. The van der Waals surface area contributed by atoms with Gasteiger partial charge in [-0.3, -0.25) is 4.79 Å². The summed E-state index contributed by atoms with van der Waals surface area (Å²) in [6.07, 6.45) is -4.16. The molecule has 176 valence electrons. The zero-order valence-electron chi connectivity index (χ0n) is 17.4. The van der Waals surface area contributed by atoms with Gasteiger partial charge in [-0.2, -0.15) is 17.5 Å². The van der Waals surface area contributed by atoms with E-state index in [-0.39, 0.29) is 24.7 Å². The predicted octanol–water partition coefficient (Wildman–Crippen LogP) is 3.88. The Labute approximate surface area is 188 Å². The molecule has 0 spiro atoms. The second-order valence-corrected chi connectivity index (χ2v) is 9.88. The first-order valence-electron chi connectivity index (χ1n) is 10.2. The molecule has 2 heterocycles. The Hall–Kier alpha value is -2.92. The van der Waals surface area contributed by atoms with Crippen LogP contribution in [0.25, 0.3) is 0 Å². The van der Waals surface area contributed by atoms with Crippen molar-refractivity contribution in [2.24, 2.45) is 5.92 Å². The number of carbonyl (C=O) groups excluding carboxylic acids is 1. The van der Waals surface area contributed by atoms with Crippen LogP contribution in [0.1, 0.15) is 16.7 Å². The van der Waals surface area contributed by atoms with Gasteiger partial charge in [-0.15, -0.1) is 0 Å². The summed E-state index contributed by atoms with van der Waals surface area (Å²) in [7, 11) is -3.53. The third-order valence-electron chi connectivity index (χ3n) is 5.91. The molecule has 11 heteroatoms. The zero-order valence-corrected chi connectivity index (χ0v) is 18.2. The molecular formula is C22H21F4N3O3S. The summed E-state index contributed by atoms with van der Waals surface area (Å²) in [4.78, 5) is 14.5. The van der Waals surface area contributed by atoms with E-state index in [0.717, 1.165) is 28.7 Å². The quantitative estimate of drug-likeness (QED) is 0.656. The molecule has 1 saturated heterocycles. The zero-order chi connectivity index (χ0) is 24.0. The summed E-state index contributed by atoms with van der Waals surface area (Å²) >= 11 is 0. The average Bonchev–Trinajstić information content (AvgIpc) is 2.73. The number of fused-ring (bicyclic) bond motifs is 1. The topological polar surface area (TPSA) is 69.7 Å². The van der Waals surface area contributed by atoms with Crippen molar-refractivity contribution in [2.75, 3.05) is 25.0 Å². The molecule has 0 aliphatic carbocycles. The smallest absolute Gasteiger partial charge is 0.353 e. The van der Waals surface area contributed by atoms with Crippen LogP contribution in [0.3, 0.4) is 0 Å². The lowest BCUT2D eigenvalue weighted by Crippen LogP contribution is -2.56. The number of sulfonamides is 1. The van der Waals surface area contributed by atoms with E-state index in [4.69, 9.17) is 0 Å². The van der Waals surface area contributed by atoms with Crippen molar-refractivity contribution in [3.05, 3.63) is 70.9 Å². The standard InChI is InChI=1S/C22H21F4N3O3S/c1-2-33(31,32)29-12-15(13-29)21(30)28-9-8-17-14(11-28)4-3-5-19(17)27-20-7-6-16(10-18(20)23)22(24,25)26/h2-7,10,15,27H,1,8-9,11-13H2. The number of amides is 1. The molecule has 1 fully saturated rings. The first kappa shape index (κ1) is 23.2. The van der Waals surface area contributed by atoms with Gasteiger partial charge in [0.15, 0.2) is 0 Å². The Bertz CT molecular complexity index is 1210. The van der Waals surface area contributed by atoms with E-state index in [1.807, 2.05) is 6.07 Å².